The monoisotopic (exact) mass is 327 g/mol. The summed E-state index contributed by atoms with van der Waals surface area (Å²) in [6.45, 7) is 0. The maximum absolute atomic E-state index is 12.6. The Kier molecular flexibility index (Phi) is 3.49. The van der Waals surface area contributed by atoms with E-state index in [1.165, 1.54) is 11.3 Å². The van der Waals surface area contributed by atoms with Crippen molar-refractivity contribution in [2.45, 2.75) is 25.2 Å². The van der Waals surface area contributed by atoms with Crippen LogP contribution in [0.25, 0.3) is 11.4 Å². The molecule has 0 bridgehead atoms. The van der Waals surface area contributed by atoms with Gasteiger partial charge < -0.3 is 9.88 Å². The molecule has 3 heterocycles. The molecule has 0 radical (unpaired) electrons. The van der Waals surface area contributed by atoms with Crippen molar-refractivity contribution in [3.8, 4) is 11.4 Å². The van der Waals surface area contributed by atoms with Crippen molar-refractivity contribution in [2.24, 2.45) is 7.05 Å². The first kappa shape index (κ1) is 14.2. The number of nitrogens with zero attached hydrogens (tertiary/aromatic N) is 3. The first-order chi connectivity index (χ1) is 11.2. The molecule has 7 heteroatoms. The minimum atomic E-state index is -0.139. The van der Waals surface area contributed by atoms with Crippen molar-refractivity contribution < 1.29 is 4.79 Å². The molecule has 0 aliphatic heterocycles. The average molecular weight is 327 g/mol. The minimum absolute atomic E-state index is 0.000121. The Morgan fingerprint density at radius 1 is 1.52 bits per heavy atom. The van der Waals surface area contributed by atoms with E-state index in [0.29, 0.717) is 5.13 Å². The number of hydrogen-bond acceptors (Lipinski definition) is 4. The molecule has 0 spiro atoms. The van der Waals surface area contributed by atoms with Crippen LogP contribution < -0.4 is 5.32 Å². The second-order valence-corrected chi connectivity index (χ2v) is 6.64. The van der Waals surface area contributed by atoms with Gasteiger partial charge in [0.1, 0.15) is 0 Å². The number of carbonyl (C=O) groups is 1. The number of hydrogen-bond donors (Lipinski definition) is 2. The summed E-state index contributed by atoms with van der Waals surface area (Å²) in [6, 6.07) is 3.99. The highest BCUT2D eigenvalue weighted by Crippen LogP contribution is 2.32. The zero-order chi connectivity index (χ0) is 15.8. The lowest BCUT2D eigenvalue weighted by molar-refractivity contribution is -0.117. The highest BCUT2D eigenvalue weighted by atomic mass is 32.1. The molecule has 6 nitrogen and oxygen atoms in total. The van der Waals surface area contributed by atoms with E-state index in [1.807, 2.05) is 35.3 Å². The summed E-state index contributed by atoms with van der Waals surface area (Å²) in [6.07, 6.45) is 6.58. The topological polar surface area (TPSA) is 75.6 Å². The third-order valence-electron chi connectivity index (χ3n) is 4.30. The quantitative estimate of drug-likeness (QED) is 0.776. The fourth-order valence-corrected chi connectivity index (χ4v) is 3.81. The highest BCUT2D eigenvalue weighted by Gasteiger charge is 2.28. The fraction of sp³-hybridized carbons (Fsp3) is 0.312. The molecule has 3 aromatic heterocycles. The van der Waals surface area contributed by atoms with Gasteiger partial charge in [-0.2, -0.15) is 5.10 Å². The molecular formula is C16H17N5OS. The van der Waals surface area contributed by atoms with E-state index < -0.39 is 0 Å². The largest absolute Gasteiger partial charge is 0.349 e. The van der Waals surface area contributed by atoms with E-state index in [9.17, 15) is 4.79 Å². The van der Waals surface area contributed by atoms with Crippen molar-refractivity contribution in [3.05, 3.63) is 41.2 Å². The standard InChI is InChI=1S/C16H17N5OS/c1-21-7-3-6-14(21)13-9-23-16(18-13)19-15(22)10-4-2-5-12-11(10)8-17-20-12/h3,6-10H,2,4-5H2,1H3,(H,17,20)(H,18,19,22). The van der Waals surface area contributed by atoms with E-state index in [0.717, 1.165) is 41.9 Å². The van der Waals surface area contributed by atoms with Gasteiger partial charge >= 0.3 is 0 Å². The number of rotatable bonds is 3. The van der Waals surface area contributed by atoms with Crippen molar-refractivity contribution in [3.63, 3.8) is 0 Å². The normalized spacial score (nSPS) is 17.0. The van der Waals surface area contributed by atoms with Crippen LogP contribution in [0, 0.1) is 0 Å². The second kappa shape index (κ2) is 5.66. The molecule has 0 saturated heterocycles. The summed E-state index contributed by atoms with van der Waals surface area (Å²) in [5.41, 5.74) is 4.02. The second-order valence-electron chi connectivity index (χ2n) is 5.78. The number of amides is 1. The number of H-pyrrole nitrogens is 1. The number of aryl methyl sites for hydroxylation is 2. The molecule has 1 amide bonds. The van der Waals surface area contributed by atoms with Gasteiger partial charge in [0.2, 0.25) is 5.91 Å². The fourth-order valence-electron chi connectivity index (χ4n) is 3.10. The lowest BCUT2D eigenvalue weighted by Gasteiger charge is -2.20. The van der Waals surface area contributed by atoms with Crippen LogP contribution in [0.1, 0.15) is 30.0 Å². The van der Waals surface area contributed by atoms with Gasteiger partial charge in [-0.15, -0.1) is 11.3 Å². The predicted octanol–water partition coefficient (Wildman–Crippen LogP) is 2.93. The van der Waals surface area contributed by atoms with Gasteiger partial charge in [-0.25, -0.2) is 4.98 Å². The van der Waals surface area contributed by atoms with Gasteiger partial charge in [-0.3, -0.25) is 9.89 Å². The first-order valence-electron chi connectivity index (χ1n) is 7.62. The van der Waals surface area contributed by atoms with Crippen LogP contribution in [0.2, 0.25) is 0 Å². The number of thiazole rings is 1. The summed E-state index contributed by atoms with van der Waals surface area (Å²) in [7, 11) is 1.98. The molecule has 3 aromatic rings. The van der Waals surface area contributed by atoms with Crippen molar-refractivity contribution >= 4 is 22.4 Å². The average Bonchev–Trinajstić information content (AvgIpc) is 3.26. The Bertz CT molecular complexity index is 846. The van der Waals surface area contributed by atoms with Gasteiger partial charge in [0.05, 0.1) is 23.5 Å². The van der Waals surface area contributed by atoms with Gasteiger partial charge in [0.15, 0.2) is 5.13 Å². The van der Waals surface area contributed by atoms with Gasteiger partial charge in [-0.05, 0) is 31.4 Å². The minimum Gasteiger partial charge on any atom is -0.349 e. The lowest BCUT2D eigenvalue weighted by atomic mass is 9.86. The number of aromatic nitrogens is 4. The Morgan fingerprint density at radius 2 is 2.43 bits per heavy atom. The Labute approximate surface area is 137 Å². The summed E-state index contributed by atoms with van der Waals surface area (Å²) in [4.78, 5) is 17.1. The van der Waals surface area contributed by atoms with E-state index >= 15 is 0 Å². The molecule has 2 N–H and O–H groups in total. The third kappa shape index (κ3) is 2.57. The van der Waals surface area contributed by atoms with Gasteiger partial charge in [0, 0.05) is 29.9 Å². The molecule has 23 heavy (non-hydrogen) atoms. The zero-order valence-corrected chi connectivity index (χ0v) is 13.6. The summed E-state index contributed by atoms with van der Waals surface area (Å²) in [5.74, 6) is -0.139. The van der Waals surface area contributed by atoms with E-state index in [1.54, 1.807) is 6.20 Å². The molecule has 118 valence electrons. The summed E-state index contributed by atoms with van der Waals surface area (Å²) >= 11 is 1.45. The maximum atomic E-state index is 12.6. The van der Waals surface area contributed by atoms with Crippen LogP contribution in [0.5, 0.6) is 0 Å². The van der Waals surface area contributed by atoms with E-state index in [2.05, 4.69) is 20.5 Å². The lowest BCUT2D eigenvalue weighted by Crippen LogP contribution is -2.24. The maximum Gasteiger partial charge on any atom is 0.233 e. The molecule has 1 unspecified atom stereocenters. The Hall–Kier alpha value is -2.41. The number of carbonyl (C=O) groups excluding carboxylic acids is 1. The van der Waals surface area contributed by atoms with Crippen molar-refractivity contribution in [1.29, 1.82) is 0 Å². The van der Waals surface area contributed by atoms with Crippen LogP contribution in [-0.2, 0) is 18.3 Å². The van der Waals surface area contributed by atoms with E-state index in [4.69, 9.17) is 0 Å². The molecular weight excluding hydrogens is 310 g/mol. The molecule has 0 saturated carbocycles. The number of nitrogens with one attached hydrogen (secondary N) is 2. The van der Waals surface area contributed by atoms with Gasteiger partial charge in [0.25, 0.3) is 0 Å². The van der Waals surface area contributed by atoms with Crippen LogP contribution >= 0.6 is 11.3 Å². The van der Waals surface area contributed by atoms with Crippen LogP contribution in [0.3, 0.4) is 0 Å². The van der Waals surface area contributed by atoms with Crippen LogP contribution in [-0.4, -0.2) is 25.7 Å². The van der Waals surface area contributed by atoms with Crippen molar-refractivity contribution in [2.75, 3.05) is 5.32 Å². The van der Waals surface area contributed by atoms with Gasteiger partial charge in [-0.1, -0.05) is 0 Å². The van der Waals surface area contributed by atoms with Crippen LogP contribution in [0.15, 0.2) is 29.9 Å². The Morgan fingerprint density at radius 3 is 3.26 bits per heavy atom. The highest BCUT2D eigenvalue weighted by molar-refractivity contribution is 7.14. The molecule has 0 aromatic carbocycles. The number of anilines is 1. The third-order valence-corrected chi connectivity index (χ3v) is 5.06. The number of aromatic amines is 1. The molecule has 1 aliphatic carbocycles. The van der Waals surface area contributed by atoms with Crippen LogP contribution in [0.4, 0.5) is 5.13 Å². The van der Waals surface area contributed by atoms with Crippen molar-refractivity contribution in [1.82, 2.24) is 19.7 Å². The predicted molar refractivity (Wildman–Crippen MR) is 89.4 cm³/mol. The zero-order valence-electron chi connectivity index (χ0n) is 12.7. The van der Waals surface area contributed by atoms with E-state index in [-0.39, 0.29) is 11.8 Å². The smallest absolute Gasteiger partial charge is 0.233 e. The molecule has 1 aliphatic rings. The molecule has 1 atom stereocenters. The molecule has 4 rings (SSSR count). The number of fused-ring (bicyclic) bond motifs is 1. The SMILES string of the molecule is Cn1cccc1-c1csc(NC(=O)C2CCCc3[nH]ncc32)n1. The summed E-state index contributed by atoms with van der Waals surface area (Å²) in [5, 5.41) is 12.6. The molecule has 0 fully saturated rings. The Balaban J connectivity index is 1.52. The summed E-state index contributed by atoms with van der Waals surface area (Å²) < 4.78 is 2.01. The first-order valence-corrected chi connectivity index (χ1v) is 8.50.